The molecule has 0 bridgehead atoms. The number of aromatic amines is 1. The van der Waals surface area contributed by atoms with Crippen molar-refractivity contribution in [1.29, 1.82) is 0 Å². The second kappa shape index (κ2) is 3.68. The van der Waals surface area contributed by atoms with Crippen LogP contribution >= 0.6 is 0 Å². The van der Waals surface area contributed by atoms with Crippen LogP contribution in [0.4, 0.5) is 0 Å². The van der Waals surface area contributed by atoms with Crippen molar-refractivity contribution in [2.45, 2.75) is 45.7 Å². The van der Waals surface area contributed by atoms with E-state index in [1.54, 1.807) is 0 Å². The van der Waals surface area contributed by atoms with E-state index in [0.717, 1.165) is 42.2 Å². The lowest BCUT2D eigenvalue weighted by Crippen LogP contribution is -2.20. The molecule has 5 nitrogen and oxygen atoms in total. The number of H-pyrrole nitrogens is 1. The van der Waals surface area contributed by atoms with Gasteiger partial charge in [-0.25, -0.2) is 4.98 Å². The molecule has 1 aliphatic carbocycles. The Hall–Kier alpha value is -1.62. The van der Waals surface area contributed by atoms with Crippen LogP contribution in [-0.4, -0.2) is 19.7 Å². The van der Waals surface area contributed by atoms with Gasteiger partial charge in [0.1, 0.15) is 5.82 Å². The molecule has 0 radical (unpaired) electrons. The average Bonchev–Trinajstić information content (AvgIpc) is 2.80. The van der Waals surface area contributed by atoms with Gasteiger partial charge in [-0.3, -0.25) is 4.68 Å². The van der Waals surface area contributed by atoms with Crippen LogP contribution < -0.4 is 5.73 Å². The summed E-state index contributed by atoms with van der Waals surface area (Å²) < 4.78 is 2.01. The van der Waals surface area contributed by atoms with Crippen molar-refractivity contribution in [1.82, 2.24) is 19.7 Å². The topological polar surface area (TPSA) is 72.5 Å². The number of aromatic nitrogens is 4. The fourth-order valence-corrected chi connectivity index (χ4v) is 2.47. The number of hydrogen-bond acceptors (Lipinski definition) is 3. The molecule has 2 aromatic rings. The van der Waals surface area contributed by atoms with Crippen LogP contribution in [0.15, 0.2) is 6.20 Å². The maximum atomic E-state index is 6.15. The first-order chi connectivity index (χ1) is 8.55. The first-order valence-electron chi connectivity index (χ1n) is 6.44. The molecule has 2 heterocycles. The first kappa shape index (κ1) is 11.5. The van der Waals surface area contributed by atoms with Gasteiger partial charge in [0.15, 0.2) is 0 Å². The number of aryl methyl sites for hydroxylation is 2. The Morgan fingerprint density at radius 1 is 1.44 bits per heavy atom. The number of hydrogen-bond donors (Lipinski definition) is 2. The lowest BCUT2D eigenvalue weighted by atomic mass is 10.1. The third-order valence-electron chi connectivity index (χ3n) is 3.79. The first-order valence-corrected chi connectivity index (χ1v) is 6.44. The molecule has 18 heavy (non-hydrogen) atoms. The predicted molar refractivity (Wildman–Crippen MR) is 70.1 cm³/mol. The fraction of sp³-hybridized carbons (Fsp3) is 0.538. The predicted octanol–water partition coefficient (Wildman–Crippen LogP) is 1.86. The van der Waals surface area contributed by atoms with Crippen molar-refractivity contribution in [2.24, 2.45) is 5.73 Å². The second-order valence-corrected chi connectivity index (χ2v) is 5.16. The van der Waals surface area contributed by atoms with Crippen molar-refractivity contribution >= 4 is 0 Å². The maximum Gasteiger partial charge on any atom is 0.126 e. The molecule has 1 saturated carbocycles. The normalized spacial score (nSPS) is 17.1. The molecule has 96 valence electrons. The van der Waals surface area contributed by atoms with E-state index in [-0.39, 0.29) is 5.54 Å². The number of nitrogens with zero attached hydrogens (tertiary/aromatic N) is 3. The molecule has 0 saturated heterocycles. The number of nitrogens with two attached hydrogens (primary N) is 1. The Labute approximate surface area is 106 Å². The van der Waals surface area contributed by atoms with E-state index in [9.17, 15) is 0 Å². The van der Waals surface area contributed by atoms with Crippen molar-refractivity contribution in [3.8, 4) is 11.3 Å². The molecule has 3 N–H and O–H groups in total. The standard InChI is InChI=1S/C13H19N5/c1-4-18-9(3)11(8(2)17-18)10-7-15-12(16-10)13(14)5-6-13/h7H,4-6,14H2,1-3H3,(H,15,16). The van der Waals surface area contributed by atoms with Crippen LogP contribution in [0, 0.1) is 13.8 Å². The highest BCUT2D eigenvalue weighted by atomic mass is 15.3. The van der Waals surface area contributed by atoms with Gasteiger partial charge in [0.05, 0.1) is 23.1 Å². The minimum absolute atomic E-state index is 0.208. The Balaban J connectivity index is 2.04. The third kappa shape index (κ3) is 1.58. The van der Waals surface area contributed by atoms with Crippen molar-refractivity contribution < 1.29 is 0 Å². The summed E-state index contributed by atoms with van der Waals surface area (Å²) in [6.45, 7) is 7.11. The fourth-order valence-electron chi connectivity index (χ4n) is 2.47. The molecule has 5 heteroatoms. The van der Waals surface area contributed by atoms with Gasteiger partial charge >= 0.3 is 0 Å². The summed E-state index contributed by atoms with van der Waals surface area (Å²) in [7, 11) is 0. The zero-order chi connectivity index (χ0) is 12.9. The monoisotopic (exact) mass is 245 g/mol. The quantitative estimate of drug-likeness (QED) is 0.867. The molecule has 0 spiro atoms. The highest BCUT2D eigenvalue weighted by molar-refractivity contribution is 5.64. The molecule has 0 aliphatic heterocycles. The smallest absolute Gasteiger partial charge is 0.126 e. The molecule has 1 fully saturated rings. The Kier molecular flexibility index (Phi) is 2.35. The molecule has 0 aromatic carbocycles. The molecular weight excluding hydrogens is 226 g/mol. The van der Waals surface area contributed by atoms with E-state index >= 15 is 0 Å². The van der Waals surface area contributed by atoms with Crippen LogP contribution in [0.2, 0.25) is 0 Å². The van der Waals surface area contributed by atoms with Crippen LogP contribution in [0.1, 0.15) is 37.0 Å². The molecular formula is C13H19N5. The minimum atomic E-state index is -0.208. The summed E-state index contributed by atoms with van der Waals surface area (Å²) in [5.41, 5.74) is 10.3. The van der Waals surface area contributed by atoms with Gasteiger partial charge in [-0.05, 0) is 33.6 Å². The van der Waals surface area contributed by atoms with E-state index < -0.39 is 0 Å². The van der Waals surface area contributed by atoms with Crippen molar-refractivity contribution in [2.75, 3.05) is 0 Å². The van der Waals surface area contributed by atoms with E-state index in [4.69, 9.17) is 5.73 Å². The van der Waals surface area contributed by atoms with Crippen molar-refractivity contribution in [3.05, 3.63) is 23.4 Å². The zero-order valence-corrected chi connectivity index (χ0v) is 11.1. The van der Waals surface area contributed by atoms with Gasteiger partial charge in [0.25, 0.3) is 0 Å². The van der Waals surface area contributed by atoms with E-state index in [1.165, 1.54) is 5.69 Å². The van der Waals surface area contributed by atoms with Crippen LogP contribution in [-0.2, 0) is 12.1 Å². The zero-order valence-electron chi connectivity index (χ0n) is 11.1. The van der Waals surface area contributed by atoms with Crippen LogP contribution in [0.25, 0.3) is 11.3 Å². The van der Waals surface area contributed by atoms with E-state index in [2.05, 4.69) is 28.9 Å². The molecule has 0 unspecified atom stereocenters. The second-order valence-electron chi connectivity index (χ2n) is 5.16. The van der Waals surface area contributed by atoms with Crippen LogP contribution in [0.3, 0.4) is 0 Å². The maximum absolute atomic E-state index is 6.15. The average molecular weight is 245 g/mol. The summed E-state index contributed by atoms with van der Waals surface area (Å²) in [6.07, 6.45) is 3.91. The van der Waals surface area contributed by atoms with Gasteiger partial charge in [-0.1, -0.05) is 0 Å². The van der Waals surface area contributed by atoms with E-state index in [1.807, 2.05) is 17.8 Å². The molecule has 1 aliphatic rings. The van der Waals surface area contributed by atoms with Crippen molar-refractivity contribution in [3.63, 3.8) is 0 Å². The third-order valence-corrected chi connectivity index (χ3v) is 3.79. The number of imidazole rings is 1. The largest absolute Gasteiger partial charge is 0.340 e. The summed E-state index contributed by atoms with van der Waals surface area (Å²) in [5, 5.41) is 4.53. The lowest BCUT2D eigenvalue weighted by Gasteiger charge is -2.03. The SMILES string of the molecule is CCn1nc(C)c(-c2cnc(C3(N)CC3)[nH]2)c1C. The molecule has 2 aromatic heterocycles. The molecule has 3 rings (SSSR count). The minimum Gasteiger partial charge on any atom is -0.340 e. The number of rotatable bonds is 3. The highest BCUT2D eigenvalue weighted by Crippen LogP contribution is 2.41. The highest BCUT2D eigenvalue weighted by Gasteiger charge is 2.43. The Morgan fingerprint density at radius 2 is 2.17 bits per heavy atom. The Morgan fingerprint density at radius 3 is 2.72 bits per heavy atom. The summed E-state index contributed by atoms with van der Waals surface area (Å²) in [6, 6.07) is 0. The van der Waals surface area contributed by atoms with Crippen LogP contribution in [0.5, 0.6) is 0 Å². The molecule has 0 atom stereocenters. The summed E-state index contributed by atoms with van der Waals surface area (Å²) >= 11 is 0. The van der Waals surface area contributed by atoms with Gasteiger partial charge in [-0.2, -0.15) is 5.10 Å². The lowest BCUT2D eigenvalue weighted by molar-refractivity contribution is 0.634. The van der Waals surface area contributed by atoms with Gasteiger partial charge in [-0.15, -0.1) is 0 Å². The summed E-state index contributed by atoms with van der Waals surface area (Å²) in [5.74, 6) is 0.903. The van der Waals surface area contributed by atoms with E-state index in [0.29, 0.717) is 0 Å². The number of nitrogens with one attached hydrogen (secondary N) is 1. The summed E-state index contributed by atoms with van der Waals surface area (Å²) in [4.78, 5) is 7.79. The molecule has 0 amide bonds. The van der Waals surface area contributed by atoms with Gasteiger partial charge in [0.2, 0.25) is 0 Å². The van der Waals surface area contributed by atoms with Gasteiger partial charge < -0.3 is 10.7 Å². The van der Waals surface area contributed by atoms with Gasteiger partial charge in [0, 0.05) is 17.8 Å². The Bertz CT molecular complexity index is 589.